The molecule has 1 rings (SSSR count). The standard InChI is InChI=1S/C12H10N2O5/c1-18-12(15)5-3-9-2-4-10(14(16)17)8-11(9)19-7-6-13/h2-5,8H,7H2,1H3. The SMILES string of the molecule is COC(=O)C=Cc1ccc([N+](=O)[O-])cc1OCC#N. The lowest BCUT2D eigenvalue weighted by molar-refractivity contribution is -0.384. The number of rotatable bonds is 5. The molecule has 0 radical (unpaired) electrons. The maximum Gasteiger partial charge on any atom is 0.330 e. The van der Waals surface area contributed by atoms with Gasteiger partial charge in [-0.2, -0.15) is 5.26 Å². The van der Waals surface area contributed by atoms with E-state index in [1.165, 1.54) is 31.4 Å². The van der Waals surface area contributed by atoms with Gasteiger partial charge in [0.05, 0.1) is 18.1 Å². The average Bonchev–Trinajstić information content (AvgIpc) is 2.42. The summed E-state index contributed by atoms with van der Waals surface area (Å²) in [6.45, 7) is -0.250. The number of carbonyl (C=O) groups excluding carboxylic acids is 1. The molecular formula is C12H10N2O5. The van der Waals surface area contributed by atoms with Crippen LogP contribution in [0, 0.1) is 21.4 Å². The first kappa shape index (κ1) is 14.2. The smallest absolute Gasteiger partial charge is 0.330 e. The van der Waals surface area contributed by atoms with E-state index in [0.717, 1.165) is 6.08 Å². The Hall–Kier alpha value is -2.88. The van der Waals surface area contributed by atoms with Gasteiger partial charge in [0.25, 0.3) is 5.69 Å². The van der Waals surface area contributed by atoms with Gasteiger partial charge in [-0.3, -0.25) is 10.1 Å². The zero-order chi connectivity index (χ0) is 14.3. The molecule has 0 N–H and O–H groups in total. The maximum atomic E-state index is 11.0. The van der Waals surface area contributed by atoms with E-state index in [0.29, 0.717) is 5.56 Å². The summed E-state index contributed by atoms with van der Waals surface area (Å²) in [5.74, 6) is -0.416. The number of hydrogen-bond donors (Lipinski definition) is 0. The topological polar surface area (TPSA) is 102 Å². The van der Waals surface area contributed by atoms with Crippen molar-refractivity contribution in [2.24, 2.45) is 0 Å². The van der Waals surface area contributed by atoms with Crippen LogP contribution in [0.1, 0.15) is 5.56 Å². The molecule has 98 valence electrons. The van der Waals surface area contributed by atoms with E-state index in [9.17, 15) is 14.9 Å². The molecule has 0 fully saturated rings. The largest absolute Gasteiger partial charge is 0.478 e. The lowest BCUT2D eigenvalue weighted by Gasteiger charge is -2.05. The van der Waals surface area contributed by atoms with Crippen molar-refractivity contribution in [2.45, 2.75) is 0 Å². The monoisotopic (exact) mass is 262 g/mol. The number of nitro benzene ring substituents is 1. The summed E-state index contributed by atoms with van der Waals surface area (Å²) in [6.07, 6.45) is 2.54. The Labute approximate surface area is 108 Å². The number of esters is 1. The first-order valence-electron chi connectivity index (χ1n) is 5.12. The third-order valence-corrected chi connectivity index (χ3v) is 2.10. The number of nitro groups is 1. The highest BCUT2D eigenvalue weighted by atomic mass is 16.6. The second-order valence-electron chi connectivity index (χ2n) is 3.28. The molecule has 0 bridgehead atoms. The van der Waals surface area contributed by atoms with Crippen molar-refractivity contribution in [1.82, 2.24) is 0 Å². The van der Waals surface area contributed by atoms with Crippen molar-refractivity contribution in [3.8, 4) is 11.8 Å². The Morgan fingerprint density at radius 3 is 2.89 bits per heavy atom. The van der Waals surface area contributed by atoms with Gasteiger partial charge in [-0.25, -0.2) is 4.79 Å². The second-order valence-corrected chi connectivity index (χ2v) is 3.28. The van der Waals surface area contributed by atoms with E-state index in [1.807, 2.05) is 0 Å². The zero-order valence-corrected chi connectivity index (χ0v) is 10.0. The van der Waals surface area contributed by atoms with Crippen LogP contribution in [0.4, 0.5) is 5.69 Å². The summed E-state index contributed by atoms with van der Waals surface area (Å²) in [6, 6.07) is 5.64. The van der Waals surface area contributed by atoms with Gasteiger partial charge in [-0.15, -0.1) is 0 Å². The Bertz CT molecular complexity index is 560. The molecule has 19 heavy (non-hydrogen) atoms. The summed E-state index contributed by atoms with van der Waals surface area (Å²) in [5, 5.41) is 19.1. The van der Waals surface area contributed by atoms with E-state index in [-0.39, 0.29) is 18.0 Å². The van der Waals surface area contributed by atoms with Crippen LogP contribution in [-0.2, 0) is 9.53 Å². The second kappa shape index (κ2) is 6.76. The molecule has 0 saturated carbocycles. The molecule has 0 atom stereocenters. The van der Waals surface area contributed by atoms with E-state index in [4.69, 9.17) is 10.00 Å². The minimum absolute atomic E-state index is 0.149. The predicted molar refractivity (Wildman–Crippen MR) is 65.3 cm³/mol. The molecule has 1 aromatic carbocycles. The van der Waals surface area contributed by atoms with E-state index < -0.39 is 10.9 Å². The normalized spacial score (nSPS) is 9.89. The third-order valence-electron chi connectivity index (χ3n) is 2.10. The van der Waals surface area contributed by atoms with Gasteiger partial charge in [-0.1, -0.05) is 0 Å². The number of benzene rings is 1. The van der Waals surface area contributed by atoms with E-state index in [2.05, 4.69) is 4.74 Å². The highest BCUT2D eigenvalue weighted by Gasteiger charge is 2.10. The van der Waals surface area contributed by atoms with Gasteiger partial charge >= 0.3 is 5.97 Å². The third kappa shape index (κ3) is 4.12. The fourth-order valence-corrected chi connectivity index (χ4v) is 1.24. The van der Waals surface area contributed by atoms with Crippen LogP contribution in [-0.4, -0.2) is 24.6 Å². The highest BCUT2D eigenvalue weighted by Crippen LogP contribution is 2.26. The van der Waals surface area contributed by atoms with Crippen LogP contribution in [0.3, 0.4) is 0 Å². The minimum atomic E-state index is -0.576. The molecule has 1 aromatic rings. The summed E-state index contributed by atoms with van der Waals surface area (Å²) < 4.78 is 9.50. The van der Waals surface area contributed by atoms with Crippen LogP contribution in [0.2, 0.25) is 0 Å². The summed E-state index contributed by atoms with van der Waals surface area (Å²) in [7, 11) is 1.23. The quantitative estimate of drug-likeness (QED) is 0.346. The van der Waals surface area contributed by atoms with Crippen LogP contribution in [0.15, 0.2) is 24.3 Å². The lowest BCUT2D eigenvalue weighted by Crippen LogP contribution is -1.98. The van der Waals surface area contributed by atoms with Gasteiger partial charge in [0.1, 0.15) is 11.8 Å². The molecule has 7 heteroatoms. The van der Waals surface area contributed by atoms with Gasteiger partial charge < -0.3 is 9.47 Å². The van der Waals surface area contributed by atoms with Crippen molar-refractivity contribution in [2.75, 3.05) is 13.7 Å². The molecule has 0 saturated heterocycles. The fraction of sp³-hybridized carbons (Fsp3) is 0.167. The highest BCUT2D eigenvalue weighted by molar-refractivity contribution is 5.87. The van der Waals surface area contributed by atoms with E-state index in [1.54, 1.807) is 6.07 Å². The van der Waals surface area contributed by atoms with Crippen LogP contribution >= 0.6 is 0 Å². The Balaban J connectivity index is 3.08. The number of hydrogen-bond acceptors (Lipinski definition) is 6. The van der Waals surface area contributed by atoms with Crippen molar-refractivity contribution in [3.63, 3.8) is 0 Å². The van der Waals surface area contributed by atoms with Crippen molar-refractivity contribution in [1.29, 1.82) is 5.26 Å². The minimum Gasteiger partial charge on any atom is -0.478 e. The van der Waals surface area contributed by atoms with Crippen LogP contribution in [0.5, 0.6) is 5.75 Å². The van der Waals surface area contributed by atoms with Crippen molar-refractivity contribution in [3.05, 3.63) is 40.0 Å². The van der Waals surface area contributed by atoms with Crippen molar-refractivity contribution < 1.29 is 19.2 Å². The number of nitrogens with zero attached hydrogens (tertiary/aromatic N) is 2. The number of non-ortho nitro benzene ring substituents is 1. The maximum absolute atomic E-state index is 11.0. The Morgan fingerprint density at radius 2 is 2.32 bits per heavy atom. The van der Waals surface area contributed by atoms with Gasteiger partial charge in [0.2, 0.25) is 0 Å². The number of ether oxygens (including phenoxy) is 2. The number of carbonyl (C=O) groups is 1. The molecule has 0 aromatic heterocycles. The van der Waals surface area contributed by atoms with Gasteiger partial charge in [0, 0.05) is 17.7 Å². The average molecular weight is 262 g/mol. The van der Waals surface area contributed by atoms with Gasteiger partial charge in [0.15, 0.2) is 6.61 Å². The molecule has 0 spiro atoms. The molecule has 0 aliphatic heterocycles. The molecule has 7 nitrogen and oxygen atoms in total. The summed E-state index contributed by atoms with van der Waals surface area (Å²) in [5.41, 5.74) is 0.273. The first-order chi connectivity index (χ1) is 9.08. The van der Waals surface area contributed by atoms with Crippen LogP contribution < -0.4 is 4.74 Å². The molecule has 0 aliphatic rings. The number of methoxy groups -OCH3 is 1. The molecule has 0 heterocycles. The number of nitriles is 1. The fourth-order valence-electron chi connectivity index (χ4n) is 1.24. The Morgan fingerprint density at radius 1 is 1.58 bits per heavy atom. The molecular weight excluding hydrogens is 252 g/mol. The lowest BCUT2D eigenvalue weighted by atomic mass is 10.1. The van der Waals surface area contributed by atoms with Gasteiger partial charge in [-0.05, 0) is 12.1 Å². The Kier molecular flexibility index (Phi) is 5.04. The van der Waals surface area contributed by atoms with Crippen molar-refractivity contribution >= 4 is 17.7 Å². The van der Waals surface area contributed by atoms with Crippen LogP contribution in [0.25, 0.3) is 6.08 Å². The predicted octanol–water partition coefficient (Wildman–Crippen LogP) is 1.68. The van der Waals surface area contributed by atoms with E-state index >= 15 is 0 Å². The summed E-state index contributed by atoms with van der Waals surface area (Å²) in [4.78, 5) is 21.0. The zero-order valence-electron chi connectivity index (χ0n) is 10.0. The molecule has 0 amide bonds. The first-order valence-corrected chi connectivity index (χ1v) is 5.12. The molecule has 0 unspecified atom stereocenters. The summed E-state index contributed by atoms with van der Waals surface area (Å²) >= 11 is 0. The molecule has 0 aliphatic carbocycles.